The molecule has 3 rings (SSSR count). The predicted octanol–water partition coefficient (Wildman–Crippen LogP) is 1.34. The molecular formula is C13H16N4O. The second kappa shape index (κ2) is 4.78. The topological polar surface area (TPSA) is 73.1 Å². The lowest BCUT2D eigenvalue weighted by molar-refractivity contribution is 0.169. The van der Waals surface area contributed by atoms with Gasteiger partial charge in [0.25, 0.3) is 0 Å². The van der Waals surface area contributed by atoms with Crippen molar-refractivity contribution in [3.8, 4) is 5.75 Å². The summed E-state index contributed by atoms with van der Waals surface area (Å²) >= 11 is 0. The van der Waals surface area contributed by atoms with Gasteiger partial charge < -0.3 is 15.8 Å². The van der Waals surface area contributed by atoms with Crippen molar-refractivity contribution in [2.45, 2.75) is 18.9 Å². The molecule has 1 saturated heterocycles. The van der Waals surface area contributed by atoms with Gasteiger partial charge in [-0.15, -0.1) is 0 Å². The fourth-order valence-electron chi connectivity index (χ4n) is 2.30. The number of nitrogens with two attached hydrogens (primary N) is 1. The van der Waals surface area contributed by atoms with Crippen molar-refractivity contribution in [2.24, 2.45) is 0 Å². The van der Waals surface area contributed by atoms with Gasteiger partial charge in [0.1, 0.15) is 24.0 Å². The van der Waals surface area contributed by atoms with Crippen LogP contribution in [0.5, 0.6) is 5.75 Å². The van der Waals surface area contributed by atoms with Crippen LogP contribution in [0.25, 0.3) is 10.9 Å². The van der Waals surface area contributed by atoms with E-state index in [0.29, 0.717) is 5.82 Å². The molecule has 0 bridgehead atoms. The highest BCUT2D eigenvalue weighted by Gasteiger charge is 2.16. The van der Waals surface area contributed by atoms with E-state index in [9.17, 15) is 0 Å². The first-order valence-electron chi connectivity index (χ1n) is 6.21. The van der Waals surface area contributed by atoms with Crippen LogP contribution >= 0.6 is 0 Å². The molecular weight excluding hydrogens is 228 g/mol. The van der Waals surface area contributed by atoms with Crippen LogP contribution < -0.4 is 15.8 Å². The van der Waals surface area contributed by atoms with Gasteiger partial charge in [-0.1, -0.05) is 6.07 Å². The van der Waals surface area contributed by atoms with Crippen LogP contribution in [0.4, 0.5) is 5.82 Å². The van der Waals surface area contributed by atoms with Gasteiger partial charge in [0.05, 0.1) is 10.9 Å². The number of aromatic nitrogens is 2. The number of nitrogen functional groups attached to an aromatic ring is 1. The molecule has 2 heterocycles. The number of benzene rings is 1. The van der Waals surface area contributed by atoms with E-state index in [1.165, 1.54) is 6.33 Å². The van der Waals surface area contributed by atoms with Gasteiger partial charge in [0, 0.05) is 6.54 Å². The highest BCUT2D eigenvalue weighted by molar-refractivity contribution is 5.93. The van der Waals surface area contributed by atoms with Crippen molar-refractivity contribution in [3.05, 3.63) is 24.5 Å². The molecule has 18 heavy (non-hydrogen) atoms. The third-order valence-corrected chi connectivity index (χ3v) is 3.20. The molecule has 5 heteroatoms. The maximum Gasteiger partial charge on any atom is 0.138 e. The number of piperidine rings is 1. The largest absolute Gasteiger partial charge is 0.488 e. The average Bonchev–Trinajstić information content (AvgIpc) is 2.40. The van der Waals surface area contributed by atoms with Gasteiger partial charge in [-0.3, -0.25) is 0 Å². The summed E-state index contributed by atoms with van der Waals surface area (Å²) < 4.78 is 6.03. The first-order chi connectivity index (χ1) is 8.84. The smallest absolute Gasteiger partial charge is 0.138 e. The minimum absolute atomic E-state index is 0.198. The number of anilines is 1. The van der Waals surface area contributed by atoms with Crippen LogP contribution in [0.15, 0.2) is 24.5 Å². The van der Waals surface area contributed by atoms with Gasteiger partial charge in [0.2, 0.25) is 0 Å². The zero-order valence-electron chi connectivity index (χ0n) is 10.1. The molecule has 1 aromatic heterocycles. The molecule has 1 aromatic carbocycles. The standard InChI is InChI=1S/C13H16N4O/c14-13-12-10(16-8-17-13)4-1-5-11(12)18-9-3-2-6-15-7-9/h1,4-5,8-9,15H,2-3,6-7H2,(H2,14,16,17)/t9-/m0/s1. The van der Waals surface area contributed by atoms with E-state index in [0.717, 1.165) is 42.6 Å². The Labute approximate surface area is 105 Å². The second-order valence-corrected chi connectivity index (χ2v) is 4.50. The van der Waals surface area contributed by atoms with Crippen molar-refractivity contribution >= 4 is 16.7 Å². The lowest BCUT2D eigenvalue weighted by atomic mass is 10.1. The van der Waals surface area contributed by atoms with Crippen LogP contribution in [0.3, 0.4) is 0 Å². The fourth-order valence-corrected chi connectivity index (χ4v) is 2.30. The van der Waals surface area contributed by atoms with Gasteiger partial charge in [0.15, 0.2) is 0 Å². The van der Waals surface area contributed by atoms with E-state index < -0.39 is 0 Å². The Hall–Kier alpha value is -1.88. The molecule has 0 radical (unpaired) electrons. The summed E-state index contributed by atoms with van der Waals surface area (Å²) in [6, 6.07) is 5.77. The maximum atomic E-state index is 6.03. The number of nitrogens with zero attached hydrogens (tertiary/aromatic N) is 2. The van der Waals surface area contributed by atoms with Crippen molar-refractivity contribution in [3.63, 3.8) is 0 Å². The fraction of sp³-hybridized carbons (Fsp3) is 0.385. The molecule has 1 aliphatic heterocycles. The van der Waals surface area contributed by atoms with Gasteiger partial charge >= 0.3 is 0 Å². The molecule has 1 aliphatic rings. The summed E-state index contributed by atoms with van der Waals surface area (Å²) in [5, 5.41) is 4.14. The average molecular weight is 244 g/mol. The van der Waals surface area contributed by atoms with Crippen molar-refractivity contribution in [1.82, 2.24) is 15.3 Å². The van der Waals surface area contributed by atoms with Crippen molar-refractivity contribution in [1.29, 1.82) is 0 Å². The predicted molar refractivity (Wildman–Crippen MR) is 70.5 cm³/mol. The van der Waals surface area contributed by atoms with Crippen LogP contribution in [0, 0.1) is 0 Å². The first kappa shape index (κ1) is 11.2. The summed E-state index contributed by atoms with van der Waals surface area (Å²) in [6.07, 6.45) is 3.88. The molecule has 1 fully saturated rings. The molecule has 0 unspecified atom stereocenters. The summed E-state index contributed by atoms with van der Waals surface area (Å²) in [5.41, 5.74) is 6.74. The minimum Gasteiger partial charge on any atom is -0.488 e. The van der Waals surface area contributed by atoms with Crippen molar-refractivity contribution in [2.75, 3.05) is 18.8 Å². The molecule has 3 N–H and O–H groups in total. The van der Waals surface area contributed by atoms with Crippen LogP contribution in [-0.2, 0) is 0 Å². The summed E-state index contributed by atoms with van der Waals surface area (Å²) in [7, 11) is 0. The van der Waals surface area contributed by atoms with Gasteiger partial charge in [-0.2, -0.15) is 0 Å². The van der Waals surface area contributed by atoms with E-state index >= 15 is 0 Å². The van der Waals surface area contributed by atoms with Gasteiger partial charge in [-0.25, -0.2) is 9.97 Å². The number of nitrogens with one attached hydrogen (secondary N) is 1. The van der Waals surface area contributed by atoms with E-state index in [2.05, 4.69) is 15.3 Å². The molecule has 94 valence electrons. The Morgan fingerprint density at radius 1 is 1.33 bits per heavy atom. The van der Waals surface area contributed by atoms with Gasteiger partial charge in [-0.05, 0) is 31.5 Å². The van der Waals surface area contributed by atoms with E-state index in [-0.39, 0.29) is 6.10 Å². The number of hydrogen-bond acceptors (Lipinski definition) is 5. The highest BCUT2D eigenvalue weighted by Crippen LogP contribution is 2.29. The van der Waals surface area contributed by atoms with Crippen LogP contribution in [0.1, 0.15) is 12.8 Å². The highest BCUT2D eigenvalue weighted by atomic mass is 16.5. The lowest BCUT2D eigenvalue weighted by Crippen LogP contribution is -2.37. The first-order valence-corrected chi connectivity index (χ1v) is 6.21. The van der Waals surface area contributed by atoms with E-state index in [1.807, 2.05) is 18.2 Å². The molecule has 1 atom stereocenters. The summed E-state index contributed by atoms with van der Waals surface area (Å²) in [6.45, 7) is 1.95. The third-order valence-electron chi connectivity index (χ3n) is 3.20. The third kappa shape index (κ3) is 2.09. The Morgan fingerprint density at radius 3 is 3.11 bits per heavy atom. The molecule has 0 amide bonds. The number of ether oxygens (including phenoxy) is 1. The van der Waals surface area contributed by atoms with E-state index in [4.69, 9.17) is 10.5 Å². The summed E-state index contributed by atoms with van der Waals surface area (Å²) in [4.78, 5) is 8.24. The van der Waals surface area contributed by atoms with E-state index in [1.54, 1.807) is 0 Å². The molecule has 5 nitrogen and oxygen atoms in total. The molecule has 0 saturated carbocycles. The quantitative estimate of drug-likeness (QED) is 0.834. The normalized spacial score (nSPS) is 19.9. The second-order valence-electron chi connectivity index (χ2n) is 4.50. The van der Waals surface area contributed by atoms with Crippen molar-refractivity contribution < 1.29 is 4.74 Å². The Bertz CT molecular complexity index is 546. The number of rotatable bonds is 2. The monoisotopic (exact) mass is 244 g/mol. The molecule has 0 spiro atoms. The van der Waals surface area contributed by atoms with Crippen LogP contribution in [-0.4, -0.2) is 29.2 Å². The minimum atomic E-state index is 0.198. The molecule has 2 aromatic rings. The maximum absolute atomic E-state index is 6.03. The summed E-state index contributed by atoms with van der Waals surface area (Å²) in [5.74, 6) is 1.25. The number of fused-ring (bicyclic) bond motifs is 1. The Kier molecular flexibility index (Phi) is 2.98. The number of hydrogen-bond donors (Lipinski definition) is 2. The Balaban J connectivity index is 1.95. The lowest BCUT2D eigenvalue weighted by Gasteiger charge is -2.24. The SMILES string of the molecule is Nc1ncnc2cccc(O[C@H]3CCCNC3)c12. The zero-order valence-corrected chi connectivity index (χ0v) is 10.1. The Morgan fingerprint density at radius 2 is 2.28 bits per heavy atom. The van der Waals surface area contributed by atoms with Crippen LogP contribution in [0.2, 0.25) is 0 Å². The molecule has 0 aliphatic carbocycles. The zero-order chi connectivity index (χ0) is 12.4.